The fourth-order valence-electron chi connectivity index (χ4n) is 3.49. The molecule has 15 heteroatoms. The molecule has 2 aromatic heterocycles. The summed E-state index contributed by atoms with van der Waals surface area (Å²) < 4.78 is 56.3. The molecule has 2 fully saturated rings. The van der Waals surface area contributed by atoms with Gasteiger partial charge in [0.05, 0.1) is 31.6 Å². The van der Waals surface area contributed by atoms with Crippen LogP contribution in [0.3, 0.4) is 0 Å². The number of alkyl halides is 1. The number of aromatic nitrogens is 4. The lowest BCUT2D eigenvalue weighted by Crippen LogP contribution is -2.38. The minimum absolute atomic E-state index is 0.0403. The predicted octanol–water partition coefficient (Wildman–Crippen LogP) is 2.82. The number of ether oxygens (including phenoxy) is 2. The summed E-state index contributed by atoms with van der Waals surface area (Å²) in [6.45, 7) is 4.83. The van der Waals surface area contributed by atoms with E-state index in [0.717, 1.165) is 0 Å². The van der Waals surface area contributed by atoms with Crippen LogP contribution in [-0.2, 0) is 32.4 Å². The minimum atomic E-state index is -4.07. The van der Waals surface area contributed by atoms with Gasteiger partial charge in [-0.3, -0.25) is 22.9 Å². The van der Waals surface area contributed by atoms with E-state index in [1.165, 1.54) is 10.9 Å². The normalized spacial score (nSPS) is 30.5. The second-order valence-electron chi connectivity index (χ2n) is 8.03. The van der Waals surface area contributed by atoms with Gasteiger partial charge >= 0.3 is 13.8 Å². The molecule has 0 saturated carbocycles. The zero-order valence-corrected chi connectivity index (χ0v) is 19.7. The molecule has 2 aliphatic heterocycles. The average Bonchev–Trinajstić information content (AvgIpc) is 3.28. The third-order valence-corrected chi connectivity index (χ3v) is 6.80. The maximum atomic E-state index is 15.3. The maximum Gasteiger partial charge on any atom is 0.475 e. The number of hydrogen-bond donors (Lipinski definition) is 1. The number of nitrogens with two attached hydrogens (primary N) is 1. The van der Waals surface area contributed by atoms with Gasteiger partial charge in [-0.05, 0) is 31.9 Å². The Morgan fingerprint density at radius 3 is 2.91 bits per heavy atom. The molecule has 0 amide bonds. The van der Waals surface area contributed by atoms with Crippen LogP contribution in [0, 0.1) is 5.92 Å². The van der Waals surface area contributed by atoms with Crippen molar-refractivity contribution in [3.05, 3.63) is 11.6 Å². The largest absolute Gasteiger partial charge is 0.475 e. The highest BCUT2D eigenvalue weighted by atomic mass is 35.5. The number of nitrogen functional groups attached to an aromatic ring is 1. The van der Waals surface area contributed by atoms with Gasteiger partial charge in [0.1, 0.15) is 17.7 Å². The highest BCUT2D eigenvalue weighted by Gasteiger charge is 2.54. The lowest BCUT2D eigenvalue weighted by molar-refractivity contribution is -0.152. The lowest BCUT2D eigenvalue weighted by atomic mass is 10.1. The number of hydrogen-bond acceptors (Lipinski definition) is 11. The topological polar surface area (TPSA) is 150 Å². The summed E-state index contributed by atoms with van der Waals surface area (Å²) >= 11 is 5.87. The van der Waals surface area contributed by atoms with Crippen LogP contribution in [0.1, 0.15) is 33.4 Å². The molecule has 2 aromatic rings. The van der Waals surface area contributed by atoms with E-state index in [-0.39, 0.29) is 48.0 Å². The maximum absolute atomic E-state index is 15.3. The van der Waals surface area contributed by atoms with E-state index in [1.54, 1.807) is 20.8 Å². The second kappa shape index (κ2) is 9.40. The molecule has 0 bridgehead atoms. The number of carbonyl (C=O) groups excluding carboxylic acids is 1. The van der Waals surface area contributed by atoms with E-state index in [0.29, 0.717) is 0 Å². The molecular weight excluding hydrogens is 484 g/mol. The highest BCUT2D eigenvalue weighted by molar-refractivity contribution is 7.48. The van der Waals surface area contributed by atoms with E-state index in [1.807, 2.05) is 0 Å². The molecule has 4 rings (SSSR count). The monoisotopic (exact) mass is 507 g/mol. The molecule has 2 aliphatic rings. The van der Waals surface area contributed by atoms with Gasteiger partial charge in [0.15, 0.2) is 23.9 Å². The number of phosphoric ester groups is 1. The van der Waals surface area contributed by atoms with E-state index in [4.69, 9.17) is 40.4 Å². The number of nitrogens with zero attached hydrogens (tertiary/aromatic N) is 4. The van der Waals surface area contributed by atoms with Crippen LogP contribution in [0.25, 0.3) is 11.2 Å². The van der Waals surface area contributed by atoms with Gasteiger partial charge < -0.3 is 15.2 Å². The molecule has 0 spiro atoms. The number of imidazole rings is 1. The summed E-state index contributed by atoms with van der Waals surface area (Å²) in [5.74, 6) is -0.843. The molecule has 6 atom stereocenters. The van der Waals surface area contributed by atoms with Crippen LogP contribution in [-0.4, -0.2) is 63.2 Å². The first-order valence-electron chi connectivity index (χ1n) is 10.3. The van der Waals surface area contributed by atoms with Crippen molar-refractivity contribution in [1.82, 2.24) is 19.5 Å². The summed E-state index contributed by atoms with van der Waals surface area (Å²) in [6, 6.07) is 0. The third-order valence-electron chi connectivity index (χ3n) is 5.16. The minimum Gasteiger partial charge on any atom is -0.463 e. The fraction of sp³-hybridized carbons (Fsp3) is 0.667. The summed E-state index contributed by atoms with van der Waals surface area (Å²) in [5, 5.41) is -0.128. The predicted molar refractivity (Wildman–Crippen MR) is 113 cm³/mol. The Labute approximate surface area is 193 Å². The van der Waals surface area contributed by atoms with Crippen molar-refractivity contribution in [3.63, 3.8) is 0 Å². The second-order valence-corrected chi connectivity index (χ2v) is 9.99. The molecule has 0 radical (unpaired) electrons. The van der Waals surface area contributed by atoms with Gasteiger partial charge in [0.2, 0.25) is 5.28 Å². The van der Waals surface area contributed by atoms with Crippen molar-refractivity contribution in [1.29, 1.82) is 0 Å². The third kappa shape index (κ3) is 4.98. The Morgan fingerprint density at radius 1 is 1.42 bits per heavy atom. The molecular formula is C18H24ClFN5O7P. The number of halogens is 2. The number of carbonyl (C=O) groups is 1. The highest BCUT2D eigenvalue weighted by Crippen LogP contribution is 2.57. The smallest absolute Gasteiger partial charge is 0.463 e. The van der Waals surface area contributed by atoms with E-state index >= 15 is 4.39 Å². The van der Waals surface area contributed by atoms with Gasteiger partial charge in [-0.1, -0.05) is 6.92 Å². The van der Waals surface area contributed by atoms with E-state index in [2.05, 4.69) is 15.0 Å². The van der Waals surface area contributed by atoms with Crippen LogP contribution in [0.15, 0.2) is 6.33 Å². The Hall–Kier alpha value is -1.89. The Bertz CT molecular complexity index is 1090. The summed E-state index contributed by atoms with van der Waals surface area (Å²) in [4.78, 5) is 23.8. The van der Waals surface area contributed by atoms with Gasteiger partial charge in [0, 0.05) is 0 Å². The van der Waals surface area contributed by atoms with Crippen molar-refractivity contribution >= 4 is 42.4 Å². The standard InChI is InChI=1S/C18H24ClFN5O7P/c1-8(2)30-17(26)9(3)4-5-28-33(27)29-6-10-13(32-33)11(20)16(31-10)25-7-22-12-14(21)23-18(19)24-15(12)25/h7-11,13,16H,4-6H2,1-3H3,(H2,21,23,24)/t9-,10+,11-,13?,16+,33?/m0/s1. The van der Waals surface area contributed by atoms with Crippen LogP contribution < -0.4 is 5.73 Å². The summed E-state index contributed by atoms with van der Waals surface area (Å²) in [7, 11) is -4.07. The van der Waals surface area contributed by atoms with Crippen molar-refractivity contribution < 1.29 is 36.8 Å². The number of fused-ring (bicyclic) bond motifs is 2. The van der Waals surface area contributed by atoms with Crippen LogP contribution in [0.4, 0.5) is 10.2 Å². The van der Waals surface area contributed by atoms with Crippen molar-refractivity contribution in [2.75, 3.05) is 18.9 Å². The first-order chi connectivity index (χ1) is 15.6. The fourth-order valence-corrected chi connectivity index (χ4v) is 5.07. The molecule has 182 valence electrons. The SMILES string of the molecule is CC(C)OC(=O)[C@@H](C)CCOP1(=O)OC[C@H]2O[C@@H](n3cnc4c(N)nc(Cl)nc43)[C@@H](F)C2O1. The van der Waals surface area contributed by atoms with Crippen LogP contribution in [0.2, 0.25) is 5.28 Å². The molecule has 0 aromatic carbocycles. The average molecular weight is 508 g/mol. The van der Waals surface area contributed by atoms with Crippen molar-refractivity contribution in [3.8, 4) is 0 Å². The zero-order valence-electron chi connectivity index (χ0n) is 18.1. The van der Waals surface area contributed by atoms with E-state index < -0.39 is 44.3 Å². The van der Waals surface area contributed by atoms with Gasteiger partial charge in [-0.25, -0.2) is 13.9 Å². The van der Waals surface area contributed by atoms with Gasteiger partial charge in [0.25, 0.3) is 0 Å². The molecule has 0 aliphatic carbocycles. The Kier molecular flexibility index (Phi) is 6.90. The molecule has 33 heavy (non-hydrogen) atoms. The first-order valence-corrected chi connectivity index (χ1v) is 12.1. The number of anilines is 1. The van der Waals surface area contributed by atoms with Crippen LogP contribution in [0.5, 0.6) is 0 Å². The summed E-state index contributed by atoms with van der Waals surface area (Å²) in [6.07, 6.45) is -3.73. The van der Waals surface area contributed by atoms with E-state index in [9.17, 15) is 9.36 Å². The number of rotatable bonds is 7. The molecule has 12 nitrogen and oxygen atoms in total. The zero-order chi connectivity index (χ0) is 23.9. The lowest BCUT2D eigenvalue weighted by Gasteiger charge is -2.30. The number of phosphoric acid groups is 1. The first kappa shape index (κ1) is 24.2. The molecule has 4 heterocycles. The van der Waals surface area contributed by atoms with Gasteiger partial charge in [-0.15, -0.1) is 0 Å². The molecule has 2 unspecified atom stereocenters. The van der Waals surface area contributed by atoms with Crippen LogP contribution >= 0.6 is 19.4 Å². The summed E-state index contributed by atoms with van der Waals surface area (Å²) in [5.41, 5.74) is 6.21. The molecule has 2 N–H and O–H groups in total. The Morgan fingerprint density at radius 2 is 2.18 bits per heavy atom. The van der Waals surface area contributed by atoms with Gasteiger partial charge in [-0.2, -0.15) is 9.97 Å². The number of esters is 1. The Balaban J connectivity index is 1.41. The van der Waals surface area contributed by atoms with Crippen molar-refractivity contribution in [2.45, 2.75) is 57.9 Å². The molecule has 2 saturated heterocycles. The quantitative estimate of drug-likeness (QED) is 0.334. The van der Waals surface area contributed by atoms with Crippen molar-refractivity contribution in [2.24, 2.45) is 5.92 Å².